The second-order valence-corrected chi connectivity index (χ2v) is 6.83. The van der Waals surface area contributed by atoms with Crippen LogP contribution in [0.5, 0.6) is 0 Å². The molecule has 0 bridgehead atoms. The fraction of sp³-hybridized carbons (Fsp3) is 0.238. The first-order valence-electron chi connectivity index (χ1n) is 9.14. The fourth-order valence-electron chi connectivity index (χ4n) is 3.60. The molecule has 0 spiro atoms. The van der Waals surface area contributed by atoms with Crippen molar-refractivity contribution in [2.45, 2.75) is 19.8 Å². The molecule has 0 atom stereocenters. The summed E-state index contributed by atoms with van der Waals surface area (Å²) in [5.41, 5.74) is 7.57. The average molecular weight is 381 g/mol. The summed E-state index contributed by atoms with van der Waals surface area (Å²) in [7, 11) is 0. The maximum atomic E-state index is 13.8. The Morgan fingerprint density at radius 2 is 1.96 bits per heavy atom. The molecule has 28 heavy (non-hydrogen) atoms. The van der Waals surface area contributed by atoms with Gasteiger partial charge in [-0.3, -0.25) is 20.4 Å². The molecule has 0 radical (unpaired) electrons. The summed E-state index contributed by atoms with van der Waals surface area (Å²) in [5, 5.41) is 0.529. The Hall–Kier alpha value is -3.35. The lowest BCUT2D eigenvalue weighted by molar-refractivity contribution is -0.120. The van der Waals surface area contributed by atoms with Gasteiger partial charge in [-0.2, -0.15) is 0 Å². The van der Waals surface area contributed by atoms with Gasteiger partial charge >= 0.3 is 5.91 Å². The minimum Gasteiger partial charge on any atom is -0.447 e. The quantitative estimate of drug-likeness (QED) is 0.684. The number of benzene rings is 2. The van der Waals surface area contributed by atoms with Gasteiger partial charge in [-0.1, -0.05) is 30.3 Å². The van der Waals surface area contributed by atoms with Crippen LogP contribution in [0.3, 0.4) is 0 Å². The summed E-state index contributed by atoms with van der Waals surface area (Å²) in [4.78, 5) is 26.7. The Morgan fingerprint density at radius 1 is 1.14 bits per heavy atom. The van der Waals surface area contributed by atoms with Crippen molar-refractivity contribution in [1.29, 1.82) is 0 Å². The largest absolute Gasteiger partial charge is 0.447 e. The van der Waals surface area contributed by atoms with Gasteiger partial charge in [0.25, 0.3) is 5.91 Å². The zero-order valence-electron chi connectivity index (χ0n) is 15.4. The SMILES string of the molecule is Cc1c(C(=O)NNC(=O)CN2CCCc3ccccc32)oc2c(F)cccc12. The van der Waals surface area contributed by atoms with Crippen LogP contribution in [-0.2, 0) is 11.2 Å². The molecule has 0 aliphatic carbocycles. The van der Waals surface area contributed by atoms with Crippen molar-refractivity contribution < 1.29 is 18.4 Å². The summed E-state index contributed by atoms with van der Waals surface area (Å²) >= 11 is 0. The van der Waals surface area contributed by atoms with E-state index < -0.39 is 11.7 Å². The summed E-state index contributed by atoms with van der Waals surface area (Å²) in [6.07, 6.45) is 1.97. The summed E-state index contributed by atoms with van der Waals surface area (Å²) in [5.74, 6) is -1.53. The molecular formula is C21H20FN3O3. The lowest BCUT2D eigenvalue weighted by atomic mass is 10.0. The number of fused-ring (bicyclic) bond motifs is 2. The van der Waals surface area contributed by atoms with Gasteiger partial charge in [0.1, 0.15) is 0 Å². The maximum absolute atomic E-state index is 13.8. The van der Waals surface area contributed by atoms with Crippen LogP contribution < -0.4 is 15.8 Å². The number of anilines is 1. The van der Waals surface area contributed by atoms with Gasteiger partial charge in [-0.15, -0.1) is 0 Å². The van der Waals surface area contributed by atoms with E-state index in [1.165, 1.54) is 11.6 Å². The van der Waals surface area contributed by atoms with Crippen molar-refractivity contribution in [1.82, 2.24) is 10.9 Å². The number of halogens is 1. The zero-order valence-corrected chi connectivity index (χ0v) is 15.4. The molecule has 2 aromatic carbocycles. The first-order valence-corrected chi connectivity index (χ1v) is 9.14. The van der Waals surface area contributed by atoms with Crippen molar-refractivity contribution in [3.05, 3.63) is 65.2 Å². The van der Waals surface area contributed by atoms with Crippen molar-refractivity contribution in [3.8, 4) is 0 Å². The standard InChI is InChI=1S/C21H20FN3O3/c1-13-15-8-4-9-16(22)20(15)28-19(13)21(27)24-23-18(26)12-25-11-5-7-14-6-2-3-10-17(14)25/h2-4,6,8-10H,5,7,11-12H2,1H3,(H,23,26)(H,24,27). The normalized spacial score (nSPS) is 13.3. The summed E-state index contributed by atoms with van der Waals surface area (Å²) in [6.45, 7) is 2.58. The third kappa shape index (κ3) is 3.31. The highest BCUT2D eigenvalue weighted by molar-refractivity contribution is 5.99. The highest BCUT2D eigenvalue weighted by Gasteiger charge is 2.21. The number of carbonyl (C=O) groups excluding carboxylic acids is 2. The number of aryl methyl sites for hydroxylation is 2. The van der Waals surface area contributed by atoms with Crippen LogP contribution in [0, 0.1) is 12.7 Å². The molecule has 7 heteroatoms. The van der Waals surface area contributed by atoms with Gasteiger partial charge in [0.05, 0.1) is 6.54 Å². The van der Waals surface area contributed by atoms with Gasteiger partial charge < -0.3 is 9.32 Å². The second kappa shape index (κ2) is 7.34. The molecule has 3 aromatic rings. The van der Waals surface area contributed by atoms with Crippen molar-refractivity contribution in [2.75, 3.05) is 18.0 Å². The van der Waals surface area contributed by atoms with Crippen LogP contribution >= 0.6 is 0 Å². The molecule has 2 N–H and O–H groups in total. The molecule has 1 aromatic heterocycles. The van der Waals surface area contributed by atoms with E-state index in [1.807, 2.05) is 23.1 Å². The predicted molar refractivity (Wildman–Crippen MR) is 103 cm³/mol. The second-order valence-electron chi connectivity index (χ2n) is 6.83. The Bertz CT molecular complexity index is 1060. The molecule has 1 aliphatic heterocycles. The number of rotatable bonds is 3. The Kier molecular flexibility index (Phi) is 4.73. The molecule has 0 saturated heterocycles. The Labute approximate surface area is 161 Å². The van der Waals surface area contributed by atoms with E-state index in [-0.39, 0.29) is 23.8 Å². The highest BCUT2D eigenvalue weighted by Crippen LogP contribution is 2.27. The van der Waals surface area contributed by atoms with E-state index in [0.717, 1.165) is 25.1 Å². The highest BCUT2D eigenvalue weighted by atomic mass is 19.1. The molecule has 2 amide bonds. The topological polar surface area (TPSA) is 74.6 Å². The molecule has 1 aliphatic rings. The number of furan rings is 1. The number of amides is 2. The number of nitrogens with one attached hydrogen (secondary N) is 2. The van der Waals surface area contributed by atoms with E-state index in [9.17, 15) is 14.0 Å². The van der Waals surface area contributed by atoms with Crippen LogP contribution in [0.2, 0.25) is 0 Å². The van der Waals surface area contributed by atoms with Crippen LogP contribution in [0.1, 0.15) is 28.1 Å². The first-order chi connectivity index (χ1) is 13.5. The Balaban J connectivity index is 1.41. The van der Waals surface area contributed by atoms with Crippen molar-refractivity contribution >= 4 is 28.5 Å². The number of carbonyl (C=O) groups is 2. The molecule has 2 heterocycles. The maximum Gasteiger partial charge on any atom is 0.305 e. The number of hydrogen-bond acceptors (Lipinski definition) is 4. The minimum absolute atomic E-state index is 0.0243. The molecule has 0 unspecified atom stereocenters. The molecular weight excluding hydrogens is 361 g/mol. The number of nitrogens with zero attached hydrogens (tertiary/aromatic N) is 1. The fourth-order valence-corrected chi connectivity index (χ4v) is 3.60. The molecule has 6 nitrogen and oxygen atoms in total. The van der Waals surface area contributed by atoms with Gasteiger partial charge in [0.15, 0.2) is 17.2 Å². The third-order valence-electron chi connectivity index (χ3n) is 4.98. The van der Waals surface area contributed by atoms with Crippen LogP contribution in [0.15, 0.2) is 46.9 Å². The van der Waals surface area contributed by atoms with E-state index in [2.05, 4.69) is 16.9 Å². The third-order valence-corrected chi connectivity index (χ3v) is 4.98. The lowest BCUT2D eigenvalue weighted by Gasteiger charge is -2.30. The summed E-state index contributed by atoms with van der Waals surface area (Å²) < 4.78 is 19.2. The Morgan fingerprint density at radius 3 is 2.79 bits per heavy atom. The van der Waals surface area contributed by atoms with E-state index >= 15 is 0 Å². The lowest BCUT2D eigenvalue weighted by Crippen LogP contribution is -2.47. The smallest absolute Gasteiger partial charge is 0.305 e. The monoisotopic (exact) mass is 381 g/mol. The molecule has 0 fully saturated rings. The zero-order chi connectivity index (χ0) is 19.7. The van der Waals surface area contributed by atoms with Crippen molar-refractivity contribution in [2.24, 2.45) is 0 Å². The van der Waals surface area contributed by atoms with E-state index in [4.69, 9.17) is 4.42 Å². The van der Waals surface area contributed by atoms with Crippen LogP contribution in [0.25, 0.3) is 11.0 Å². The predicted octanol–water partition coefficient (Wildman–Crippen LogP) is 3.09. The van der Waals surface area contributed by atoms with E-state index in [1.54, 1.807) is 19.1 Å². The van der Waals surface area contributed by atoms with Gasteiger partial charge in [-0.25, -0.2) is 4.39 Å². The molecule has 0 saturated carbocycles. The van der Waals surface area contributed by atoms with Gasteiger partial charge in [0.2, 0.25) is 0 Å². The van der Waals surface area contributed by atoms with Crippen LogP contribution in [-0.4, -0.2) is 24.9 Å². The average Bonchev–Trinajstić information content (AvgIpc) is 3.05. The van der Waals surface area contributed by atoms with Crippen molar-refractivity contribution in [3.63, 3.8) is 0 Å². The first kappa shape index (κ1) is 18.0. The van der Waals surface area contributed by atoms with E-state index in [0.29, 0.717) is 10.9 Å². The number of hydrogen-bond donors (Lipinski definition) is 2. The van der Waals surface area contributed by atoms with Gasteiger partial charge in [-0.05, 0) is 37.5 Å². The number of para-hydroxylation sites is 2. The van der Waals surface area contributed by atoms with Gasteiger partial charge in [0, 0.05) is 23.2 Å². The minimum atomic E-state index is -0.625. The summed E-state index contributed by atoms with van der Waals surface area (Å²) in [6, 6.07) is 12.5. The number of hydrazine groups is 1. The van der Waals surface area contributed by atoms with Crippen LogP contribution in [0.4, 0.5) is 10.1 Å². The molecule has 144 valence electrons. The molecule has 4 rings (SSSR count).